The molecule has 0 aliphatic heterocycles. The summed E-state index contributed by atoms with van der Waals surface area (Å²) >= 11 is 0. The second-order valence-corrected chi connectivity index (χ2v) is 15.5. The van der Waals surface area contributed by atoms with Gasteiger partial charge in [-0.25, -0.2) is 4.98 Å². The van der Waals surface area contributed by atoms with Gasteiger partial charge in [0.15, 0.2) is 0 Å². The van der Waals surface area contributed by atoms with Crippen molar-refractivity contribution in [1.82, 2.24) is 14.5 Å². The van der Waals surface area contributed by atoms with Crippen molar-refractivity contribution >= 4 is 11.0 Å². The second kappa shape index (κ2) is 15.7. The lowest BCUT2D eigenvalue weighted by atomic mass is 9.90. The number of hydrogen-bond acceptors (Lipinski definition) is 3. The number of benzene rings is 7. The third kappa shape index (κ3) is 7.35. The van der Waals surface area contributed by atoms with Gasteiger partial charge in [0.05, 0.1) is 28.0 Å². The molecule has 0 unspecified atom stereocenters. The summed E-state index contributed by atoms with van der Waals surface area (Å²) in [4.78, 5) is 10.1. The fourth-order valence-electron chi connectivity index (χ4n) is 7.83. The number of imidazole rings is 1. The molecule has 0 atom stereocenters. The normalized spacial score (nSPS) is 13.3. The maximum Gasteiger partial charge on any atom is 0.149 e. The molecular formula is C55H47N3O. The van der Waals surface area contributed by atoms with Crippen molar-refractivity contribution in [3.63, 3.8) is 0 Å². The van der Waals surface area contributed by atoms with Crippen molar-refractivity contribution in [3.8, 4) is 78.6 Å². The zero-order valence-electron chi connectivity index (χ0n) is 38.5. The number of nitrogens with zero attached hydrogens (tertiary/aromatic N) is 3. The Kier molecular flexibility index (Phi) is 8.52. The van der Waals surface area contributed by atoms with Crippen LogP contribution in [0.5, 0.6) is 5.75 Å². The van der Waals surface area contributed by atoms with Gasteiger partial charge in [-0.1, -0.05) is 137 Å². The maximum absolute atomic E-state index is 11.4. The lowest BCUT2D eigenvalue weighted by Gasteiger charge is -2.17. The lowest BCUT2D eigenvalue weighted by molar-refractivity contribution is 0.477. The molecule has 0 saturated carbocycles. The van der Waals surface area contributed by atoms with Crippen LogP contribution < -0.4 is 0 Å². The number of fused-ring (bicyclic) bond motifs is 1. The highest BCUT2D eigenvalue weighted by molar-refractivity contribution is 5.98. The van der Waals surface area contributed by atoms with E-state index in [-0.39, 0.29) is 11.3 Å². The van der Waals surface area contributed by atoms with Crippen LogP contribution in [-0.2, 0) is 0 Å². The van der Waals surface area contributed by atoms with Gasteiger partial charge in [0.25, 0.3) is 0 Å². The SMILES string of the molecule is [2H]C([2H])([2H])c1cc(-c2cc(C([2H])(C)C)cc(C([2H])(C)C)c2)ccc1-n1c(-c2ccccc2O)nc2c(-c3cc(-c4ccccc4)cc(-c4cc(-c5ccccc5)ccn4)c3)cccc21. The summed E-state index contributed by atoms with van der Waals surface area (Å²) in [5.74, 6) is -1.52. The van der Waals surface area contributed by atoms with Crippen LogP contribution in [0.25, 0.3) is 83.9 Å². The summed E-state index contributed by atoms with van der Waals surface area (Å²) in [5.41, 5.74) is 12.6. The molecule has 0 aliphatic carbocycles. The monoisotopic (exact) mass is 770 g/mol. The summed E-state index contributed by atoms with van der Waals surface area (Å²) in [5, 5.41) is 11.4. The molecule has 1 N–H and O–H groups in total. The van der Waals surface area contributed by atoms with Crippen molar-refractivity contribution < 1.29 is 12.0 Å². The topological polar surface area (TPSA) is 50.9 Å². The van der Waals surface area contributed by atoms with E-state index in [1.807, 2.05) is 129 Å². The molecule has 288 valence electrons. The number of rotatable bonds is 9. The second-order valence-electron chi connectivity index (χ2n) is 15.5. The zero-order chi connectivity index (χ0) is 45.0. The van der Waals surface area contributed by atoms with Crippen molar-refractivity contribution in [1.29, 1.82) is 0 Å². The van der Waals surface area contributed by atoms with E-state index in [1.165, 1.54) is 0 Å². The number of phenols is 1. The first kappa shape index (κ1) is 32.0. The van der Waals surface area contributed by atoms with Crippen LogP contribution in [0.2, 0.25) is 0 Å². The summed E-state index contributed by atoms with van der Waals surface area (Å²) in [6.45, 7) is 4.66. The van der Waals surface area contributed by atoms with Gasteiger partial charge in [-0.2, -0.15) is 0 Å². The van der Waals surface area contributed by atoms with E-state index in [4.69, 9.17) is 16.8 Å². The molecular weight excluding hydrogens is 719 g/mol. The minimum atomic E-state index is -2.57. The van der Waals surface area contributed by atoms with Crippen LogP contribution in [0.1, 0.15) is 63.0 Å². The Bertz CT molecular complexity index is 3150. The third-order valence-electron chi connectivity index (χ3n) is 11.0. The van der Waals surface area contributed by atoms with Crippen LogP contribution in [0.3, 0.4) is 0 Å². The Morgan fingerprint density at radius 2 is 1.14 bits per heavy atom. The van der Waals surface area contributed by atoms with Crippen molar-refractivity contribution in [2.75, 3.05) is 0 Å². The van der Waals surface area contributed by atoms with Gasteiger partial charge in [-0.15, -0.1) is 0 Å². The lowest BCUT2D eigenvalue weighted by Crippen LogP contribution is -2.01. The van der Waals surface area contributed by atoms with Gasteiger partial charge in [-0.05, 0) is 135 Å². The molecule has 9 rings (SSSR count). The molecule has 0 amide bonds. The quantitative estimate of drug-likeness (QED) is 0.159. The molecule has 0 radical (unpaired) electrons. The van der Waals surface area contributed by atoms with Gasteiger partial charge in [0, 0.05) is 24.2 Å². The first-order chi connectivity index (χ1) is 30.5. The highest BCUT2D eigenvalue weighted by Crippen LogP contribution is 2.41. The van der Waals surface area contributed by atoms with E-state index in [0.29, 0.717) is 33.7 Å². The van der Waals surface area contributed by atoms with Crippen LogP contribution in [-0.4, -0.2) is 19.6 Å². The number of aromatic nitrogens is 3. The van der Waals surface area contributed by atoms with E-state index < -0.39 is 18.6 Å². The number of hydrogen-bond donors (Lipinski definition) is 1. The van der Waals surface area contributed by atoms with E-state index in [1.54, 1.807) is 30.3 Å². The van der Waals surface area contributed by atoms with Gasteiger partial charge in [0.2, 0.25) is 0 Å². The fourth-order valence-corrected chi connectivity index (χ4v) is 7.83. The minimum Gasteiger partial charge on any atom is -0.507 e. The van der Waals surface area contributed by atoms with Crippen LogP contribution in [0.15, 0.2) is 176 Å². The highest BCUT2D eigenvalue weighted by Gasteiger charge is 2.22. The first-order valence-electron chi connectivity index (χ1n) is 22.4. The van der Waals surface area contributed by atoms with Crippen molar-refractivity contribution in [2.45, 2.75) is 46.3 Å². The van der Waals surface area contributed by atoms with E-state index in [9.17, 15) is 5.11 Å². The number of aromatic hydroxyl groups is 1. The van der Waals surface area contributed by atoms with Crippen molar-refractivity contribution in [3.05, 3.63) is 193 Å². The molecule has 0 aliphatic rings. The Labute approximate surface area is 354 Å². The summed E-state index contributed by atoms with van der Waals surface area (Å²) in [7, 11) is 0. The van der Waals surface area contributed by atoms with Gasteiger partial charge >= 0.3 is 0 Å². The zero-order valence-corrected chi connectivity index (χ0v) is 33.5. The fraction of sp³-hybridized carbons (Fsp3) is 0.127. The third-order valence-corrected chi connectivity index (χ3v) is 11.0. The van der Waals surface area contributed by atoms with Gasteiger partial charge < -0.3 is 5.11 Å². The standard InChI is InChI=1S/C55H47N3O/c1-35(2)42-28-43(36(3)4)30-45(29-42)40-23-24-51(37(5)27-40)58-52-21-14-20-48(54(52)57-55(58)49-19-12-13-22-53(49)59)46-31-44(39-17-10-7-11-18-39)32-47(33-46)50-34-41(25-26-56-50)38-15-8-6-9-16-38/h6-36,59H,1-5H3/i5D3,35D,36D. The maximum atomic E-state index is 11.4. The highest BCUT2D eigenvalue weighted by atomic mass is 16.3. The number of pyridine rings is 1. The molecule has 4 nitrogen and oxygen atoms in total. The largest absolute Gasteiger partial charge is 0.507 e. The Morgan fingerprint density at radius 1 is 0.525 bits per heavy atom. The smallest absolute Gasteiger partial charge is 0.149 e. The first-order valence-corrected chi connectivity index (χ1v) is 19.9. The average Bonchev–Trinajstić information content (AvgIpc) is 3.68. The summed E-state index contributed by atoms with van der Waals surface area (Å²) in [6.07, 6.45) is 1.84. The van der Waals surface area contributed by atoms with E-state index >= 15 is 0 Å². The van der Waals surface area contributed by atoms with Crippen molar-refractivity contribution in [2.24, 2.45) is 0 Å². The van der Waals surface area contributed by atoms with Gasteiger partial charge in [0.1, 0.15) is 11.6 Å². The van der Waals surface area contributed by atoms with Crippen LogP contribution in [0.4, 0.5) is 0 Å². The number of phenolic OH excluding ortho intramolecular Hbond substituents is 1. The predicted octanol–water partition coefficient (Wildman–Crippen LogP) is 14.7. The summed E-state index contributed by atoms with van der Waals surface area (Å²) in [6, 6.07) is 55.0. The molecule has 0 saturated heterocycles. The Balaban J connectivity index is 1.28. The molecule has 7 aromatic carbocycles. The Morgan fingerprint density at radius 3 is 1.83 bits per heavy atom. The molecule has 2 heterocycles. The van der Waals surface area contributed by atoms with Gasteiger partial charge in [-0.3, -0.25) is 9.55 Å². The number of aryl methyl sites for hydroxylation is 1. The molecule has 0 spiro atoms. The van der Waals surface area contributed by atoms with Crippen LogP contribution in [0, 0.1) is 6.85 Å². The minimum absolute atomic E-state index is 0.00533. The average molecular weight is 771 g/mol. The predicted molar refractivity (Wildman–Crippen MR) is 246 cm³/mol. The van der Waals surface area contributed by atoms with E-state index in [0.717, 1.165) is 61.3 Å². The molecule has 9 aromatic rings. The summed E-state index contributed by atoms with van der Waals surface area (Å²) < 4.78 is 46.3. The Hall–Kier alpha value is -7.04. The number of para-hydroxylation sites is 2. The molecule has 0 bridgehead atoms. The molecule has 0 fully saturated rings. The van der Waals surface area contributed by atoms with E-state index in [2.05, 4.69) is 48.5 Å². The molecule has 59 heavy (non-hydrogen) atoms. The molecule has 4 heteroatoms. The van der Waals surface area contributed by atoms with Crippen LogP contribution >= 0.6 is 0 Å². The molecule has 2 aromatic heterocycles.